The fraction of sp³-hybridized carbons (Fsp3) is 0.348. The topological polar surface area (TPSA) is 66.5 Å². The van der Waals surface area contributed by atoms with Crippen molar-refractivity contribution in [3.05, 3.63) is 46.5 Å². The van der Waals surface area contributed by atoms with Crippen LogP contribution in [0, 0.1) is 0 Å². The molecule has 0 spiro atoms. The highest BCUT2D eigenvalue weighted by atomic mass is 16.7. The molecule has 30 heavy (non-hydrogen) atoms. The Morgan fingerprint density at radius 1 is 1.07 bits per heavy atom. The van der Waals surface area contributed by atoms with Gasteiger partial charge in [-0.05, 0) is 49.4 Å². The molecule has 0 bridgehead atoms. The Hall–Kier alpha value is -3.19. The van der Waals surface area contributed by atoms with Gasteiger partial charge >= 0.3 is 0 Å². The van der Waals surface area contributed by atoms with Crippen LogP contribution in [0.1, 0.15) is 27.0 Å². The Balaban J connectivity index is 1.78. The minimum absolute atomic E-state index is 0.0676. The van der Waals surface area contributed by atoms with Gasteiger partial charge in [0.25, 0.3) is 0 Å². The fourth-order valence-electron chi connectivity index (χ4n) is 3.98. The molecular formula is C23H25NO6. The number of carbonyl (C=O) groups excluding carboxylic acids is 1. The molecule has 0 amide bonds. The van der Waals surface area contributed by atoms with Gasteiger partial charge in [-0.15, -0.1) is 0 Å². The van der Waals surface area contributed by atoms with Crippen LogP contribution in [0.3, 0.4) is 0 Å². The van der Waals surface area contributed by atoms with Crippen molar-refractivity contribution in [1.29, 1.82) is 0 Å². The van der Waals surface area contributed by atoms with E-state index in [0.717, 1.165) is 29.7 Å². The second-order valence-electron chi connectivity index (χ2n) is 7.22. The first-order chi connectivity index (χ1) is 14.6. The molecule has 7 nitrogen and oxygen atoms in total. The standard InChI is InChI=1S/C23H25NO6/c1-24-10-9-16-17(12-24)21(28-4)23-22(29-13-30-23)20(16)18(25)7-5-14-11-15(26-2)6-8-19(14)27-3/h5-8,11H,9-10,12-13H2,1-4H3/b7-5+. The van der Waals surface area contributed by atoms with E-state index < -0.39 is 0 Å². The minimum atomic E-state index is -0.148. The smallest absolute Gasteiger partial charge is 0.231 e. The summed E-state index contributed by atoms with van der Waals surface area (Å²) in [6.07, 6.45) is 4.01. The lowest BCUT2D eigenvalue weighted by molar-refractivity contribution is 0.104. The molecule has 2 aliphatic heterocycles. The molecule has 0 aliphatic carbocycles. The summed E-state index contributed by atoms with van der Waals surface area (Å²) in [5.74, 6) is 2.81. The quantitative estimate of drug-likeness (QED) is 0.534. The van der Waals surface area contributed by atoms with Gasteiger partial charge in [-0.1, -0.05) is 0 Å². The molecule has 0 saturated heterocycles. The monoisotopic (exact) mass is 411 g/mol. The van der Waals surface area contributed by atoms with Crippen molar-refractivity contribution in [2.75, 3.05) is 41.7 Å². The van der Waals surface area contributed by atoms with Crippen LogP contribution in [0.4, 0.5) is 0 Å². The van der Waals surface area contributed by atoms with E-state index in [4.69, 9.17) is 23.7 Å². The molecule has 0 saturated carbocycles. The molecule has 2 aromatic rings. The Morgan fingerprint density at radius 3 is 2.60 bits per heavy atom. The Bertz CT molecular complexity index is 1010. The predicted molar refractivity (Wildman–Crippen MR) is 112 cm³/mol. The SMILES string of the molecule is COc1ccc(OC)c(/C=C/C(=O)c2c3c(c(OC)c4c2OCO4)CN(C)CC3)c1. The second kappa shape index (κ2) is 8.28. The molecule has 0 unspecified atom stereocenters. The van der Waals surface area contributed by atoms with Crippen molar-refractivity contribution >= 4 is 11.9 Å². The van der Waals surface area contributed by atoms with Gasteiger partial charge in [0.15, 0.2) is 17.3 Å². The molecule has 2 heterocycles. The van der Waals surface area contributed by atoms with Crippen LogP contribution in [-0.4, -0.2) is 52.4 Å². The molecule has 0 radical (unpaired) electrons. The molecular weight excluding hydrogens is 386 g/mol. The molecule has 0 fully saturated rings. The highest BCUT2D eigenvalue weighted by molar-refractivity contribution is 6.11. The van der Waals surface area contributed by atoms with Crippen LogP contribution in [0.15, 0.2) is 24.3 Å². The lowest BCUT2D eigenvalue weighted by Gasteiger charge is -2.28. The number of fused-ring (bicyclic) bond motifs is 2. The van der Waals surface area contributed by atoms with Gasteiger partial charge in [-0.3, -0.25) is 4.79 Å². The van der Waals surface area contributed by atoms with Crippen LogP contribution < -0.4 is 23.7 Å². The van der Waals surface area contributed by atoms with Gasteiger partial charge in [0, 0.05) is 24.2 Å². The maximum absolute atomic E-state index is 13.3. The third-order valence-corrected chi connectivity index (χ3v) is 5.46. The first-order valence-corrected chi connectivity index (χ1v) is 9.71. The van der Waals surface area contributed by atoms with Gasteiger partial charge in [0.1, 0.15) is 11.5 Å². The molecule has 0 N–H and O–H groups in total. The number of hydrogen-bond donors (Lipinski definition) is 0. The Morgan fingerprint density at radius 2 is 1.87 bits per heavy atom. The van der Waals surface area contributed by atoms with Gasteiger partial charge in [-0.2, -0.15) is 0 Å². The summed E-state index contributed by atoms with van der Waals surface area (Å²) in [5.41, 5.74) is 3.23. The number of hydrogen-bond acceptors (Lipinski definition) is 7. The lowest BCUT2D eigenvalue weighted by Crippen LogP contribution is -2.28. The zero-order valence-electron chi connectivity index (χ0n) is 17.6. The van der Waals surface area contributed by atoms with Crippen LogP contribution in [0.25, 0.3) is 6.08 Å². The van der Waals surface area contributed by atoms with Crippen molar-refractivity contribution in [1.82, 2.24) is 4.90 Å². The Labute approximate surface area is 175 Å². The fourth-order valence-corrected chi connectivity index (χ4v) is 3.98. The third-order valence-electron chi connectivity index (χ3n) is 5.46. The summed E-state index contributed by atoms with van der Waals surface area (Å²) >= 11 is 0. The highest BCUT2D eigenvalue weighted by Crippen LogP contribution is 2.49. The van der Waals surface area contributed by atoms with E-state index in [-0.39, 0.29) is 12.6 Å². The molecule has 2 aromatic carbocycles. The largest absolute Gasteiger partial charge is 0.497 e. The number of carbonyl (C=O) groups is 1. The number of rotatable bonds is 6. The average molecular weight is 411 g/mol. The van der Waals surface area contributed by atoms with Gasteiger partial charge < -0.3 is 28.6 Å². The molecule has 2 aliphatic rings. The summed E-state index contributed by atoms with van der Waals surface area (Å²) in [4.78, 5) is 15.5. The van der Waals surface area contributed by atoms with Gasteiger partial charge in [-0.25, -0.2) is 0 Å². The number of ether oxygens (including phenoxy) is 5. The van der Waals surface area contributed by atoms with E-state index in [2.05, 4.69) is 4.90 Å². The number of nitrogens with zero attached hydrogens (tertiary/aromatic N) is 1. The maximum atomic E-state index is 13.3. The first kappa shape index (κ1) is 20.1. The van der Waals surface area contributed by atoms with E-state index >= 15 is 0 Å². The molecule has 7 heteroatoms. The number of likely N-dealkylation sites (N-methyl/N-ethyl adjacent to an activating group) is 1. The highest BCUT2D eigenvalue weighted by Gasteiger charge is 2.34. The molecule has 0 aromatic heterocycles. The second-order valence-corrected chi connectivity index (χ2v) is 7.22. The van der Waals surface area contributed by atoms with Crippen LogP contribution in [0.2, 0.25) is 0 Å². The molecule has 4 rings (SSSR count). The maximum Gasteiger partial charge on any atom is 0.231 e. The number of methoxy groups -OCH3 is 3. The zero-order chi connectivity index (χ0) is 21.3. The molecule has 158 valence electrons. The number of ketones is 1. The number of benzene rings is 2. The summed E-state index contributed by atoms with van der Waals surface area (Å²) in [6.45, 7) is 1.60. The van der Waals surface area contributed by atoms with Crippen LogP contribution >= 0.6 is 0 Å². The van der Waals surface area contributed by atoms with E-state index in [0.29, 0.717) is 40.9 Å². The van der Waals surface area contributed by atoms with Gasteiger partial charge in [0.2, 0.25) is 12.5 Å². The summed E-state index contributed by atoms with van der Waals surface area (Å²) in [5, 5.41) is 0. The van der Waals surface area contributed by atoms with Crippen LogP contribution in [-0.2, 0) is 13.0 Å². The van der Waals surface area contributed by atoms with E-state index in [9.17, 15) is 4.79 Å². The average Bonchev–Trinajstić information content (AvgIpc) is 3.24. The van der Waals surface area contributed by atoms with Crippen molar-refractivity contribution in [2.45, 2.75) is 13.0 Å². The predicted octanol–water partition coefficient (Wildman–Crippen LogP) is 3.33. The van der Waals surface area contributed by atoms with Gasteiger partial charge in [0.05, 0.1) is 26.9 Å². The van der Waals surface area contributed by atoms with Crippen LogP contribution in [0.5, 0.6) is 28.7 Å². The Kier molecular flexibility index (Phi) is 5.55. The van der Waals surface area contributed by atoms with Crippen molar-refractivity contribution in [3.63, 3.8) is 0 Å². The minimum Gasteiger partial charge on any atom is -0.497 e. The van der Waals surface area contributed by atoms with E-state index in [1.165, 1.54) is 0 Å². The third kappa shape index (κ3) is 3.45. The van der Waals surface area contributed by atoms with E-state index in [1.807, 2.05) is 25.2 Å². The molecule has 0 atom stereocenters. The summed E-state index contributed by atoms with van der Waals surface area (Å²) < 4.78 is 27.7. The normalized spacial score (nSPS) is 15.2. The first-order valence-electron chi connectivity index (χ1n) is 9.71. The van der Waals surface area contributed by atoms with Crippen molar-refractivity contribution < 1.29 is 28.5 Å². The summed E-state index contributed by atoms with van der Waals surface area (Å²) in [6, 6.07) is 5.44. The number of allylic oxidation sites excluding steroid dienone is 1. The van der Waals surface area contributed by atoms with Crippen molar-refractivity contribution in [3.8, 4) is 28.7 Å². The van der Waals surface area contributed by atoms with E-state index in [1.54, 1.807) is 33.5 Å². The zero-order valence-corrected chi connectivity index (χ0v) is 17.6. The lowest BCUT2D eigenvalue weighted by atomic mass is 9.90. The van der Waals surface area contributed by atoms with Crippen molar-refractivity contribution in [2.24, 2.45) is 0 Å². The summed E-state index contributed by atoms with van der Waals surface area (Å²) in [7, 11) is 6.85.